The summed E-state index contributed by atoms with van der Waals surface area (Å²) in [4.78, 5) is 0. The van der Waals surface area contributed by atoms with Crippen LogP contribution in [0.15, 0.2) is 35.9 Å². The molecule has 1 aliphatic rings. The van der Waals surface area contributed by atoms with E-state index >= 15 is 0 Å². The number of epoxide rings is 1. The van der Waals surface area contributed by atoms with E-state index in [2.05, 4.69) is 32.8 Å². The summed E-state index contributed by atoms with van der Waals surface area (Å²) in [6.45, 7) is 7.26. The Kier molecular flexibility index (Phi) is 5.51. The molecule has 0 bridgehead atoms. The van der Waals surface area contributed by atoms with Gasteiger partial charge >= 0.3 is 0 Å². The van der Waals surface area contributed by atoms with Gasteiger partial charge in [0.2, 0.25) is 0 Å². The van der Waals surface area contributed by atoms with Crippen molar-refractivity contribution < 1.29 is 14.2 Å². The molecule has 0 radical (unpaired) electrons. The van der Waals surface area contributed by atoms with Gasteiger partial charge in [0.15, 0.2) is 0 Å². The van der Waals surface area contributed by atoms with Gasteiger partial charge in [-0.15, -0.1) is 6.42 Å². The highest BCUT2D eigenvalue weighted by atomic mass is 16.6. The van der Waals surface area contributed by atoms with Gasteiger partial charge in [-0.2, -0.15) is 0 Å². The summed E-state index contributed by atoms with van der Waals surface area (Å²) in [5.41, 5.74) is 1.42. The molecule has 0 amide bonds. The quantitative estimate of drug-likeness (QED) is 0.413. The number of hydrogen-bond donors (Lipinski definition) is 0. The molecule has 0 saturated carbocycles. The fourth-order valence-corrected chi connectivity index (χ4v) is 2.24. The minimum Gasteiger partial charge on any atom is -0.490 e. The zero-order chi connectivity index (χ0) is 16.0. The van der Waals surface area contributed by atoms with Crippen molar-refractivity contribution >= 4 is 0 Å². The molecule has 1 heterocycles. The molecule has 0 spiro atoms. The van der Waals surface area contributed by atoms with Gasteiger partial charge in [0.25, 0.3) is 0 Å². The maximum absolute atomic E-state index is 5.70. The van der Waals surface area contributed by atoms with Gasteiger partial charge < -0.3 is 14.2 Å². The van der Waals surface area contributed by atoms with Crippen molar-refractivity contribution in [2.75, 3.05) is 13.2 Å². The third-order valence-electron chi connectivity index (χ3n) is 3.79. The summed E-state index contributed by atoms with van der Waals surface area (Å²) >= 11 is 0. The standard InChI is InChI=1S/C19H24O3/c1-5-13-20-16-7-9-17(10-8-16)21-14-12-15(2)6-11-18-19(3,4)22-18/h1,7-10,12,18H,6,11,13-14H2,2-4H3. The molecule has 0 N–H and O–H groups in total. The Morgan fingerprint density at radius 3 is 2.41 bits per heavy atom. The average Bonchev–Trinajstić information content (AvgIpc) is 3.11. The smallest absolute Gasteiger partial charge is 0.148 e. The summed E-state index contributed by atoms with van der Waals surface area (Å²) in [5, 5.41) is 0. The Hall–Kier alpha value is -1.92. The van der Waals surface area contributed by atoms with E-state index in [1.807, 2.05) is 24.3 Å². The first kappa shape index (κ1) is 16.5. The third-order valence-corrected chi connectivity index (χ3v) is 3.79. The third kappa shape index (κ3) is 5.13. The molecule has 1 saturated heterocycles. The molecule has 0 aliphatic carbocycles. The summed E-state index contributed by atoms with van der Waals surface area (Å²) in [7, 11) is 0. The number of ether oxygens (including phenoxy) is 3. The summed E-state index contributed by atoms with van der Waals surface area (Å²) in [5.74, 6) is 4.01. The topological polar surface area (TPSA) is 31.0 Å². The van der Waals surface area contributed by atoms with Crippen molar-refractivity contribution in [2.24, 2.45) is 0 Å². The first-order chi connectivity index (χ1) is 10.5. The Labute approximate surface area is 133 Å². The second-order valence-corrected chi connectivity index (χ2v) is 6.07. The van der Waals surface area contributed by atoms with Gasteiger partial charge in [-0.1, -0.05) is 11.5 Å². The van der Waals surface area contributed by atoms with Crippen LogP contribution in [0.1, 0.15) is 33.6 Å². The van der Waals surface area contributed by atoms with Gasteiger partial charge in [0.1, 0.15) is 24.7 Å². The van der Waals surface area contributed by atoms with Crippen molar-refractivity contribution in [1.82, 2.24) is 0 Å². The van der Waals surface area contributed by atoms with Crippen LogP contribution in [0.25, 0.3) is 0 Å². The minimum atomic E-state index is 0.0834. The van der Waals surface area contributed by atoms with Crippen LogP contribution in [-0.2, 0) is 4.74 Å². The molecule has 3 heteroatoms. The number of benzene rings is 1. The first-order valence-corrected chi connectivity index (χ1v) is 7.64. The number of rotatable bonds is 8. The normalized spacial score (nSPS) is 19.4. The van der Waals surface area contributed by atoms with E-state index in [4.69, 9.17) is 20.6 Å². The molecule has 1 aromatic carbocycles. The highest BCUT2D eigenvalue weighted by molar-refractivity contribution is 5.31. The van der Waals surface area contributed by atoms with Gasteiger partial charge in [-0.25, -0.2) is 0 Å². The van der Waals surface area contributed by atoms with Crippen LogP contribution in [0.2, 0.25) is 0 Å². The highest BCUT2D eigenvalue weighted by Crippen LogP contribution is 2.38. The SMILES string of the molecule is C#CCOc1ccc(OCC=C(C)CCC2OC2(C)C)cc1. The summed E-state index contributed by atoms with van der Waals surface area (Å²) in [6, 6.07) is 7.48. The number of hydrogen-bond acceptors (Lipinski definition) is 3. The second kappa shape index (κ2) is 7.38. The van der Waals surface area contributed by atoms with Crippen molar-refractivity contribution in [2.45, 2.75) is 45.3 Å². The Bertz CT molecular complexity index is 549. The summed E-state index contributed by atoms with van der Waals surface area (Å²) < 4.78 is 16.6. The van der Waals surface area contributed by atoms with Crippen LogP contribution in [0.5, 0.6) is 11.5 Å². The molecule has 1 atom stereocenters. The molecule has 1 aliphatic heterocycles. The van der Waals surface area contributed by atoms with E-state index in [9.17, 15) is 0 Å². The van der Waals surface area contributed by atoms with Gasteiger partial charge in [-0.3, -0.25) is 0 Å². The monoisotopic (exact) mass is 300 g/mol. The lowest BCUT2D eigenvalue weighted by atomic mass is 10.0. The fourth-order valence-electron chi connectivity index (χ4n) is 2.24. The van der Waals surface area contributed by atoms with E-state index in [-0.39, 0.29) is 12.2 Å². The van der Waals surface area contributed by atoms with Crippen molar-refractivity contribution in [3.8, 4) is 23.8 Å². The largest absolute Gasteiger partial charge is 0.490 e. The van der Waals surface area contributed by atoms with Crippen LogP contribution in [-0.4, -0.2) is 24.9 Å². The number of allylic oxidation sites excluding steroid dienone is 1. The Morgan fingerprint density at radius 1 is 1.27 bits per heavy atom. The maximum Gasteiger partial charge on any atom is 0.148 e. The van der Waals surface area contributed by atoms with Gasteiger partial charge in [-0.05, 0) is 64.0 Å². The van der Waals surface area contributed by atoms with Crippen LogP contribution in [0.4, 0.5) is 0 Å². The highest BCUT2D eigenvalue weighted by Gasteiger charge is 2.46. The van der Waals surface area contributed by atoms with Crippen LogP contribution < -0.4 is 9.47 Å². The molecular formula is C19H24O3. The lowest BCUT2D eigenvalue weighted by Crippen LogP contribution is -2.03. The molecule has 2 rings (SSSR count). The van der Waals surface area contributed by atoms with Crippen molar-refractivity contribution in [3.05, 3.63) is 35.9 Å². The molecule has 3 nitrogen and oxygen atoms in total. The van der Waals surface area contributed by atoms with Crippen LogP contribution >= 0.6 is 0 Å². The van der Waals surface area contributed by atoms with Gasteiger partial charge in [0.05, 0.1) is 11.7 Å². The lowest BCUT2D eigenvalue weighted by Gasteiger charge is -2.06. The Morgan fingerprint density at radius 2 is 1.86 bits per heavy atom. The molecule has 118 valence electrons. The molecular weight excluding hydrogens is 276 g/mol. The Balaban J connectivity index is 1.68. The maximum atomic E-state index is 5.70. The van der Waals surface area contributed by atoms with Gasteiger partial charge in [0, 0.05) is 0 Å². The zero-order valence-electron chi connectivity index (χ0n) is 13.6. The van der Waals surface area contributed by atoms with Crippen molar-refractivity contribution in [1.29, 1.82) is 0 Å². The van der Waals surface area contributed by atoms with E-state index < -0.39 is 0 Å². The minimum absolute atomic E-state index is 0.0834. The van der Waals surface area contributed by atoms with E-state index in [0.717, 1.165) is 24.3 Å². The van der Waals surface area contributed by atoms with Crippen LogP contribution in [0, 0.1) is 12.3 Å². The lowest BCUT2D eigenvalue weighted by molar-refractivity contribution is 0.320. The zero-order valence-corrected chi connectivity index (χ0v) is 13.6. The fraction of sp³-hybridized carbons (Fsp3) is 0.474. The molecule has 1 unspecified atom stereocenters. The molecule has 1 fully saturated rings. The van der Waals surface area contributed by atoms with E-state index in [1.54, 1.807) is 0 Å². The molecule has 1 aromatic rings. The van der Waals surface area contributed by atoms with E-state index in [0.29, 0.717) is 12.7 Å². The molecule has 22 heavy (non-hydrogen) atoms. The van der Waals surface area contributed by atoms with Crippen molar-refractivity contribution in [3.63, 3.8) is 0 Å². The van der Waals surface area contributed by atoms with E-state index in [1.165, 1.54) is 5.57 Å². The summed E-state index contributed by atoms with van der Waals surface area (Å²) in [6.07, 6.45) is 9.81. The predicted octanol–water partition coefficient (Wildman–Crippen LogP) is 3.98. The number of terminal acetylenes is 1. The average molecular weight is 300 g/mol. The first-order valence-electron chi connectivity index (χ1n) is 7.64. The second-order valence-electron chi connectivity index (χ2n) is 6.07. The molecule has 0 aromatic heterocycles. The predicted molar refractivity (Wildman–Crippen MR) is 88.2 cm³/mol. The van der Waals surface area contributed by atoms with Crippen LogP contribution in [0.3, 0.4) is 0 Å².